The van der Waals surface area contributed by atoms with Crippen LogP contribution in [0.5, 0.6) is 0 Å². The van der Waals surface area contributed by atoms with Gasteiger partial charge in [-0.15, -0.1) is 0 Å². The van der Waals surface area contributed by atoms with Crippen LogP contribution in [-0.4, -0.2) is 58.6 Å². The van der Waals surface area contributed by atoms with Crippen LogP contribution in [0.4, 0.5) is 4.79 Å². The zero-order valence-corrected chi connectivity index (χ0v) is 15.0. The van der Waals surface area contributed by atoms with Crippen LogP contribution in [0, 0.1) is 12.3 Å². The fourth-order valence-electron chi connectivity index (χ4n) is 3.71. The van der Waals surface area contributed by atoms with E-state index in [1.807, 2.05) is 38.7 Å². The van der Waals surface area contributed by atoms with Crippen molar-refractivity contribution in [1.82, 2.24) is 14.8 Å². The molecule has 1 atom stereocenters. The number of aromatic nitrogens is 1. The number of likely N-dealkylation sites (tertiary alicyclic amines) is 2. The standard InChI is InChI=1S/C18H27N3O3/c1-13-14(5-8-19-13)15(22)20-9-6-18(11-20)7-10-21(12-18)16(23)24-17(2,3)4/h5,8,19H,6-7,9-12H2,1-4H3/t18-/m0/s1. The van der Waals surface area contributed by atoms with Crippen LogP contribution in [0.25, 0.3) is 0 Å². The van der Waals surface area contributed by atoms with Crippen molar-refractivity contribution in [2.24, 2.45) is 5.41 Å². The van der Waals surface area contributed by atoms with E-state index in [1.165, 1.54) is 0 Å². The van der Waals surface area contributed by atoms with Gasteiger partial charge in [-0.1, -0.05) is 0 Å². The van der Waals surface area contributed by atoms with Gasteiger partial charge in [-0.3, -0.25) is 4.79 Å². The second-order valence-electron chi connectivity index (χ2n) is 8.14. The van der Waals surface area contributed by atoms with Gasteiger partial charge in [-0.05, 0) is 46.6 Å². The van der Waals surface area contributed by atoms with Crippen LogP contribution in [0.3, 0.4) is 0 Å². The zero-order valence-electron chi connectivity index (χ0n) is 15.0. The van der Waals surface area contributed by atoms with Crippen LogP contribution in [0.1, 0.15) is 49.7 Å². The summed E-state index contributed by atoms with van der Waals surface area (Å²) in [5.74, 6) is 0.0846. The summed E-state index contributed by atoms with van der Waals surface area (Å²) in [6, 6.07) is 1.84. The van der Waals surface area contributed by atoms with Gasteiger partial charge in [-0.25, -0.2) is 4.79 Å². The van der Waals surface area contributed by atoms with Crippen molar-refractivity contribution in [3.63, 3.8) is 0 Å². The van der Waals surface area contributed by atoms with Crippen molar-refractivity contribution < 1.29 is 14.3 Å². The minimum absolute atomic E-state index is 0.0246. The summed E-state index contributed by atoms with van der Waals surface area (Å²) in [5.41, 5.74) is 1.20. The lowest BCUT2D eigenvalue weighted by Gasteiger charge is -2.27. The Morgan fingerprint density at radius 1 is 1.17 bits per heavy atom. The van der Waals surface area contributed by atoms with Crippen molar-refractivity contribution in [3.8, 4) is 0 Å². The summed E-state index contributed by atoms with van der Waals surface area (Å²) in [6.45, 7) is 10.4. The van der Waals surface area contributed by atoms with E-state index in [2.05, 4.69) is 4.98 Å². The van der Waals surface area contributed by atoms with Gasteiger partial charge in [0, 0.05) is 43.5 Å². The molecule has 3 heterocycles. The fourth-order valence-corrected chi connectivity index (χ4v) is 3.71. The Kier molecular flexibility index (Phi) is 4.10. The van der Waals surface area contributed by atoms with E-state index in [9.17, 15) is 9.59 Å². The zero-order chi connectivity index (χ0) is 17.5. The molecule has 1 N–H and O–H groups in total. The maximum absolute atomic E-state index is 12.7. The lowest BCUT2D eigenvalue weighted by Crippen LogP contribution is -2.38. The molecule has 132 valence electrons. The number of hydrogen-bond acceptors (Lipinski definition) is 3. The van der Waals surface area contributed by atoms with Gasteiger partial charge in [0.1, 0.15) is 5.60 Å². The molecule has 0 radical (unpaired) electrons. The number of carbonyl (C=O) groups excluding carboxylic acids is 2. The van der Waals surface area contributed by atoms with Gasteiger partial charge < -0.3 is 19.5 Å². The summed E-state index contributed by atoms with van der Waals surface area (Å²) in [4.78, 5) is 31.7. The number of carbonyl (C=O) groups is 2. The molecular weight excluding hydrogens is 306 g/mol. The molecule has 2 aliphatic rings. The number of H-pyrrole nitrogens is 1. The second kappa shape index (κ2) is 5.83. The summed E-state index contributed by atoms with van der Waals surface area (Å²) >= 11 is 0. The molecule has 0 aliphatic carbocycles. The van der Waals surface area contributed by atoms with E-state index in [4.69, 9.17) is 4.74 Å². The molecule has 0 unspecified atom stereocenters. The predicted molar refractivity (Wildman–Crippen MR) is 90.9 cm³/mol. The van der Waals surface area contributed by atoms with Crippen LogP contribution in [0.15, 0.2) is 12.3 Å². The number of hydrogen-bond donors (Lipinski definition) is 1. The number of aryl methyl sites for hydroxylation is 1. The van der Waals surface area contributed by atoms with Gasteiger partial charge in [0.25, 0.3) is 5.91 Å². The molecule has 0 bridgehead atoms. The Hall–Kier alpha value is -1.98. The minimum atomic E-state index is -0.476. The summed E-state index contributed by atoms with van der Waals surface area (Å²) in [7, 11) is 0. The summed E-state index contributed by atoms with van der Waals surface area (Å²) in [6.07, 6.45) is 3.43. The number of amides is 2. The Labute approximate surface area is 143 Å². The van der Waals surface area contributed by atoms with Gasteiger partial charge in [-0.2, -0.15) is 0 Å². The third-order valence-corrected chi connectivity index (χ3v) is 5.00. The van der Waals surface area contributed by atoms with E-state index in [-0.39, 0.29) is 17.4 Å². The van der Waals surface area contributed by atoms with E-state index in [1.54, 1.807) is 11.1 Å². The molecular formula is C18H27N3O3. The molecule has 24 heavy (non-hydrogen) atoms. The molecule has 2 aliphatic heterocycles. The number of ether oxygens (including phenoxy) is 1. The smallest absolute Gasteiger partial charge is 0.410 e. The molecule has 3 rings (SSSR count). The first-order valence-corrected chi connectivity index (χ1v) is 8.60. The van der Waals surface area contributed by atoms with Crippen molar-refractivity contribution >= 4 is 12.0 Å². The van der Waals surface area contributed by atoms with Gasteiger partial charge in [0.2, 0.25) is 0 Å². The average molecular weight is 333 g/mol. The first-order chi connectivity index (χ1) is 11.2. The highest BCUT2D eigenvalue weighted by molar-refractivity contribution is 5.95. The second-order valence-corrected chi connectivity index (χ2v) is 8.14. The third kappa shape index (κ3) is 3.28. The van der Waals surface area contributed by atoms with E-state index < -0.39 is 5.60 Å². The molecule has 6 nitrogen and oxygen atoms in total. The van der Waals surface area contributed by atoms with Crippen LogP contribution in [-0.2, 0) is 4.74 Å². The van der Waals surface area contributed by atoms with E-state index in [0.717, 1.165) is 37.2 Å². The summed E-state index contributed by atoms with van der Waals surface area (Å²) < 4.78 is 5.48. The molecule has 2 amide bonds. The maximum atomic E-state index is 12.7. The molecule has 2 saturated heterocycles. The predicted octanol–water partition coefficient (Wildman–Crippen LogP) is 2.80. The Morgan fingerprint density at radius 2 is 1.79 bits per heavy atom. The van der Waals surface area contributed by atoms with Crippen LogP contribution < -0.4 is 0 Å². The molecule has 1 aromatic rings. The van der Waals surface area contributed by atoms with E-state index >= 15 is 0 Å². The normalized spacial score (nSPS) is 24.0. The fraction of sp³-hybridized carbons (Fsp3) is 0.667. The van der Waals surface area contributed by atoms with Crippen molar-refractivity contribution in [2.75, 3.05) is 26.2 Å². The molecule has 2 fully saturated rings. The highest BCUT2D eigenvalue weighted by atomic mass is 16.6. The minimum Gasteiger partial charge on any atom is -0.444 e. The Balaban J connectivity index is 1.62. The largest absolute Gasteiger partial charge is 0.444 e. The van der Waals surface area contributed by atoms with Gasteiger partial charge in [0.15, 0.2) is 0 Å². The highest BCUT2D eigenvalue weighted by Crippen LogP contribution is 2.40. The van der Waals surface area contributed by atoms with Gasteiger partial charge >= 0.3 is 6.09 Å². The maximum Gasteiger partial charge on any atom is 0.410 e. The number of rotatable bonds is 1. The third-order valence-electron chi connectivity index (χ3n) is 5.00. The highest BCUT2D eigenvalue weighted by Gasteiger charge is 2.46. The molecule has 0 aromatic carbocycles. The van der Waals surface area contributed by atoms with Crippen LogP contribution >= 0.6 is 0 Å². The molecule has 1 spiro atoms. The summed E-state index contributed by atoms with van der Waals surface area (Å²) in [5, 5.41) is 0. The number of aromatic amines is 1. The first kappa shape index (κ1) is 16.9. The van der Waals surface area contributed by atoms with E-state index in [0.29, 0.717) is 13.1 Å². The van der Waals surface area contributed by atoms with Crippen LogP contribution in [0.2, 0.25) is 0 Å². The lowest BCUT2D eigenvalue weighted by atomic mass is 9.86. The Bertz CT molecular complexity index is 646. The lowest BCUT2D eigenvalue weighted by molar-refractivity contribution is 0.0274. The average Bonchev–Trinajstić information content (AvgIpc) is 3.18. The molecule has 6 heteroatoms. The number of nitrogens with one attached hydrogen (secondary N) is 1. The van der Waals surface area contributed by atoms with Crippen molar-refractivity contribution in [2.45, 2.75) is 46.1 Å². The quantitative estimate of drug-likeness (QED) is 0.859. The van der Waals surface area contributed by atoms with Crippen molar-refractivity contribution in [3.05, 3.63) is 23.5 Å². The number of nitrogens with zero attached hydrogens (tertiary/aromatic N) is 2. The SMILES string of the molecule is Cc1[nH]ccc1C(=O)N1CC[C@]2(CCN(C(=O)OC(C)(C)C)C2)C1. The Morgan fingerprint density at radius 3 is 2.38 bits per heavy atom. The molecule has 0 saturated carbocycles. The topological polar surface area (TPSA) is 65.6 Å². The van der Waals surface area contributed by atoms with Crippen molar-refractivity contribution in [1.29, 1.82) is 0 Å². The monoisotopic (exact) mass is 333 g/mol. The molecule has 1 aromatic heterocycles. The van der Waals surface area contributed by atoms with Gasteiger partial charge in [0.05, 0.1) is 5.56 Å². The first-order valence-electron chi connectivity index (χ1n) is 8.60.